The number of hydrogen-bond donors (Lipinski definition) is 2. The zero-order chi connectivity index (χ0) is 31.1. The van der Waals surface area contributed by atoms with Crippen molar-refractivity contribution in [1.82, 2.24) is 30.6 Å². The Labute approximate surface area is 257 Å². The fraction of sp³-hybridized carbons (Fsp3) is 0.379. The average Bonchev–Trinajstić information content (AvgIpc) is 3.59. The lowest BCUT2D eigenvalue weighted by Gasteiger charge is -2.28. The quantitative estimate of drug-likeness (QED) is 0.203. The van der Waals surface area contributed by atoms with Gasteiger partial charge in [0.2, 0.25) is 5.91 Å². The van der Waals surface area contributed by atoms with E-state index in [1.165, 1.54) is 25.3 Å². The molecule has 2 aliphatic heterocycles. The zero-order valence-electron chi connectivity index (χ0n) is 24.2. The molecule has 13 nitrogen and oxygen atoms in total. The van der Waals surface area contributed by atoms with Gasteiger partial charge in [0.15, 0.2) is 5.66 Å². The molecule has 1 amide bonds. The van der Waals surface area contributed by atoms with Crippen LogP contribution >= 0.6 is 11.6 Å². The number of amides is 1. The lowest BCUT2D eigenvalue weighted by molar-refractivity contribution is -0.136. The van der Waals surface area contributed by atoms with E-state index in [4.69, 9.17) is 26.1 Å². The van der Waals surface area contributed by atoms with Crippen molar-refractivity contribution in [3.05, 3.63) is 87.9 Å². The summed E-state index contributed by atoms with van der Waals surface area (Å²) in [6.45, 7) is 3.03. The molecule has 0 saturated carbocycles. The molecule has 0 saturated heterocycles. The number of methoxy groups -OCH3 is 1. The van der Waals surface area contributed by atoms with Gasteiger partial charge in [0.1, 0.15) is 23.4 Å². The maximum atomic E-state index is 13.9. The SMILES string of the molecule is COC(=O)C1=C(COCc2cn(CCCNC(=O)CCC3(C)N=N3)nn2)NC(c2ccncc2)=NC1c1ccc(F)cc1Cl. The van der Waals surface area contributed by atoms with Gasteiger partial charge in [-0.25, -0.2) is 9.18 Å². The van der Waals surface area contributed by atoms with Gasteiger partial charge in [-0.1, -0.05) is 22.9 Å². The Morgan fingerprint density at radius 1 is 1.18 bits per heavy atom. The van der Waals surface area contributed by atoms with Crippen LogP contribution in [0.25, 0.3) is 0 Å². The summed E-state index contributed by atoms with van der Waals surface area (Å²) in [6.07, 6.45) is 6.66. The summed E-state index contributed by atoms with van der Waals surface area (Å²) in [5.41, 5.74) is 1.93. The second kappa shape index (κ2) is 13.8. The number of carbonyl (C=O) groups excluding carboxylic acids is 2. The summed E-state index contributed by atoms with van der Waals surface area (Å²) in [5, 5.41) is 22.3. The highest BCUT2D eigenvalue weighted by molar-refractivity contribution is 6.31. The first-order chi connectivity index (χ1) is 21.2. The molecule has 0 spiro atoms. The highest BCUT2D eigenvalue weighted by Gasteiger charge is 2.34. The van der Waals surface area contributed by atoms with Gasteiger partial charge >= 0.3 is 5.97 Å². The van der Waals surface area contributed by atoms with Crippen LogP contribution in [-0.4, -0.2) is 63.6 Å². The molecule has 0 radical (unpaired) electrons. The van der Waals surface area contributed by atoms with Crippen molar-refractivity contribution in [2.75, 3.05) is 20.3 Å². The number of pyridine rings is 1. The molecule has 0 aliphatic carbocycles. The lowest BCUT2D eigenvalue weighted by atomic mass is 9.95. The molecule has 1 atom stereocenters. The molecule has 0 bridgehead atoms. The fourth-order valence-corrected chi connectivity index (χ4v) is 4.80. The number of esters is 1. The summed E-state index contributed by atoms with van der Waals surface area (Å²) < 4.78 is 26.6. The van der Waals surface area contributed by atoms with E-state index < -0.39 is 17.8 Å². The molecule has 1 aromatic carbocycles. The smallest absolute Gasteiger partial charge is 0.338 e. The van der Waals surface area contributed by atoms with Gasteiger partial charge in [-0.05, 0) is 37.6 Å². The molecule has 44 heavy (non-hydrogen) atoms. The maximum Gasteiger partial charge on any atom is 0.338 e. The number of amidine groups is 1. The Balaban J connectivity index is 1.22. The van der Waals surface area contributed by atoms with Crippen LogP contribution in [-0.2, 0) is 32.2 Å². The molecule has 2 N–H and O–H groups in total. The molecular weight excluding hydrogens is 593 g/mol. The predicted molar refractivity (Wildman–Crippen MR) is 157 cm³/mol. The molecule has 2 aromatic heterocycles. The second-order valence-corrected chi connectivity index (χ2v) is 10.8. The van der Waals surface area contributed by atoms with Crippen LogP contribution in [0.1, 0.15) is 49.0 Å². The van der Waals surface area contributed by atoms with Gasteiger partial charge < -0.3 is 20.1 Å². The Hall–Kier alpha value is -4.56. The topological polar surface area (TPSA) is 157 Å². The highest BCUT2D eigenvalue weighted by Crippen LogP contribution is 2.36. The molecular formula is C29H31ClFN9O4. The van der Waals surface area contributed by atoms with E-state index in [-0.39, 0.29) is 35.4 Å². The van der Waals surface area contributed by atoms with Crippen LogP contribution in [0.5, 0.6) is 0 Å². The van der Waals surface area contributed by atoms with E-state index in [9.17, 15) is 14.0 Å². The van der Waals surface area contributed by atoms with Crippen molar-refractivity contribution in [2.45, 2.75) is 51.0 Å². The molecule has 5 rings (SSSR count). The maximum absolute atomic E-state index is 13.9. The van der Waals surface area contributed by atoms with Gasteiger partial charge in [0, 0.05) is 54.5 Å². The van der Waals surface area contributed by atoms with Crippen molar-refractivity contribution in [3.63, 3.8) is 0 Å². The van der Waals surface area contributed by atoms with E-state index >= 15 is 0 Å². The number of nitrogens with one attached hydrogen (secondary N) is 2. The predicted octanol–water partition coefficient (Wildman–Crippen LogP) is 3.67. The van der Waals surface area contributed by atoms with Crippen molar-refractivity contribution < 1.29 is 23.5 Å². The Bertz CT molecular complexity index is 1600. The van der Waals surface area contributed by atoms with E-state index in [0.29, 0.717) is 60.7 Å². The van der Waals surface area contributed by atoms with Crippen molar-refractivity contribution in [3.8, 4) is 0 Å². The standard InChI is InChI=1S/C29H31ClFN9O4/c1-29(37-38-29)9-6-24(41)33-10-3-13-40-15-20(36-39-40)16-44-17-23-25(28(42)43-2)26(21-5-4-19(31)14-22(21)30)35-27(34-23)18-7-11-32-12-8-18/h4-5,7-8,11-12,14-15,26H,3,6,9-10,13,16-17H2,1-2H3,(H,33,41)(H,34,35). The molecule has 1 unspecified atom stereocenters. The molecule has 230 valence electrons. The fourth-order valence-electron chi connectivity index (χ4n) is 4.53. The molecule has 2 aliphatic rings. The number of nitrogens with zero attached hydrogens (tertiary/aromatic N) is 7. The van der Waals surface area contributed by atoms with Crippen molar-refractivity contribution in [2.24, 2.45) is 15.2 Å². The number of hydrogen-bond acceptors (Lipinski definition) is 11. The monoisotopic (exact) mass is 623 g/mol. The summed E-state index contributed by atoms with van der Waals surface area (Å²) in [5.74, 6) is -0.727. The third kappa shape index (κ3) is 7.88. The second-order valence-electron chi connectivity index (χ2n) is 10.4. The summed E-state index contributed by atoms with van der Waals surface area (Å²) in [7, 11) is 1.27. The number of aryl methyl sites for hydroxylation is 1. The van der Waals surface area contributed by atoms with Crippen LogP contribution in [0.3, 0.4) is 0 Å². The summed E-state index contributed by atoms with van der Waals surface area (Å²) in [4.78, 5) is 33.8. The highest BCUT2D eigenvalue weighted by atomic mass is 35.5. The number of carbonyl (C=O) groups is 2. The van der Waals surface area contributed by atoms with E-state index in [0.717, 1.165) is 0 Å². The van der Waals surface area contributed by atoms with Gasteiger partial charge in [-0.3, -0.25) is 19.5 Å². The normalized spacial score (nSPS) is 16.7. The Kier molecular flexibility index (Phi) is 9.70. The van der Waals surface area contributed by atoms with Gasteiger partial charge in [-0.15, -0.1) is 5.10 Å². The van der Waals surface area contributed by atoms with Crippen LogP contribution < -0.4 is 10.6 Å². The minimum Gasteiger partial charge on any atom is -0.466 e. The molecule has 15 heteroatoms. The zero-order valence-corrected chi connectivity index (χ0v) is 24.9. The largest absolute Gasteiger partial charge is 0.466 e. The van der Waals surface area contributed by atoms with Gasteiger partial charge in [0.25, 0.3) is 0 Å². The minimum absolute atomic E-state index is 0.0254. The lowest BCUT2D eigenvalue weighted by Crippen LogP contribution is -2.35. The van der Waals surface area contributed by atoms with Gasteiger partial charge in [-0.2, -0.15) is 10.2 Å². The Morgan fingerprint density at radius 2 is 1.98 bits per heavy atom. The molecule has 3 aromatic rings. The van der Waals surface area contributed by atoms with Crippen molar-refractivity contribution >= 4 is 29.3 Å². The number of aliphatic imine (C=N–C) groups is 1. The van der Waals surface area contributed by atoms with Crippen LogP contribution in [0.4, 0.5) is 4.39 Å². The first-order valence-electron chi connectivity index (χ1n) is 13.9. The first-order valence-corrected chi connectivity index (χ1v) is 14.3. The summed E-state index contributed by atoms with van der Waals surface area (Å²) >= 11 is 6.41. The van der Waals surface area contributed by atoms with Gasteiger partial charge in [0.05, 0.1) is 37.8 Å². The number of benzene rings is 1. The number of ether oxygens (including phenoxy) is 2. The van der Waals surface area contributed by atoms with E-state index in [1.807, 2.05) is 6.92 Å². The third-order valence-electron chi connectivity index (χ3n) is 6.98. The van der Waals surface area contributed by atoms with Crippen LogP contribution in [0, 0.1) is 5.82 Å². The average molecular weight is 624 g/mol. The number of halogens is 2. The third-order valence-corrected chi connectivity index (χ3v) is 7.31. The Morgan fingerprint density at radius 3 is 2.70 bits per heavy atom. The number of rotatable bonds is 14. The van der Waals surface area contributed by atoms with E-state index in [1.54, 1.807) is 35.4 Å². The van der Waals surface area contributed by atoms with Crippen molar-refractivity contribution in [1.29, 1.82) is 0 Å². The van der Waals surface area contributed by atoms with E-state index in [2.05, 4.69) is 36.2 Å². The summed E-state index contributed by atoms with van der Waals surface area (Å²) in [6, 6.07) is 6.57. The molecule has 4 heterocycles. The minimum atomic E-state index is -0.887. The van der Waals surface area contributed by atoms with Crippen LogP contribution in [0.15, 0.2) is 75.4 Å². The molecule has 0 fully saturated rings. The number of aromatic nitrogens is 4. The van der Waals surface area contributed by atoms with Crippen LogP contribution in [0.2, 0.25) is 5.02 Å². The first kappa shape index (κ1) is 30.9.